The zero-order chi connectivity index (χ0) is 23.2. The Hall–Kier alpha value is -3.23. The van der Waals surface area contributed by atoms with Crippen LogP contribution in [0.1, 0.15) is 38.4 Å². The predicted octanol–water partition coefficient (Wildman–Crippen LogP) is 2.14. The lowest BCUT2D eigenvalue weighted by molar-refractivity contribution is -0.123. The van der Waals surface area contributed by atoms with Crippen LogP contribution in [0.15, 0.2) is 18.3 Å². The number of carbonyl (C=O) groups is 2. The molecule has 9 heteroatoms. The summed E-state index contributed by atoms with van der Waals surface area (Å²) >= 11 is 0. The molecule has 0 saturated heterocycles. The van der Waals surface area contributed by atoms with Crippen molar-refractivity contribution in [3.8, 4) is 11.5 Å². The SMILES string of the molecule is CN(C)c1ccnc(-c2nc3c(c(N(C)CC(=O)NC(C)(C)C)n2)CCC3)c1.O=CO. The molecule has 2 aromatic rings. The summed E-state index contributed by atoms with van der Waals surface area (Å²) in [7, 11) is 5.90. The van der Waals surface area contributed by atoms with Crippen molar-refractivity contribution in [3.05, 3.63) is 29.6 Å². The molecular formula is C22H32N6O3. The minimum absolute atomic E-state index is 0.0189. The molecule has 0 fully saturated rings. The summed E-state index contributed by atoms with van der Waals surface area (Å²) in [5, 5.41) is 9.90. The van der Waals surface area contributed by atoms with E-state index in [0.29, 0.717) is 5.82 Å². The van der Waals surface area contributed by atoms with Crippen molar-refractivity contribution in [1.82, 2.24) is 20.3 Å². The normalized spacial score (nSPS) is 12.3. The van der Waals surface area contributed by atoms with Crippen molar-refractivity contribution in [2.75, 3.05) is 37.5 Å². The van der Waals surface area contributed by atoms with E-state index in [1.807, 2.05) is 63.8 Å². The van der Waals surface area contributed by atoms with Gasteiger partial charge in [0.05, 0.1) is 6.54 Å². The van der Waals surface area contributed by atoms with Gasteiger partial charge in [-0.2, -0.15) is 0 Å². The molecule has 1 aliphatic rings. The van der Waals surface area contributed by atoms with Gasteiger partial charge in [-0.3, -0.25) is 14.6 Å². The van der Waals surface area contributed by atoms with E-state index in [1.54, 1.807) is 6.20 Å². The molecule has 3 rings (SSSR count). The van der Waals surface area contributed by atoms with Crippen LogP contribution in [0.2, 0.25) is 0 Å². The zero-order valence-electron chi connectivity index (χ0n) is 19.1. The number of hydrogen-bond donors (Lipinski definition) is 2. The molecule has 0 atom stereocenters. The summed E-state index contributed by atoms with van der Waals surface area (Å²) in [4.78, 5) is 38.8. The molecule has 0 aromatic carbocycles. The van der Waals surface area contributed by atoms with Gasteiger partial charge in [-0.15, -0.1) is 0 Å². The third kappa shape index (κ3) is 6.63. The molecule has 2 N–H and O–H groups in total. The topological polar surface area (TPSA) is 112 Å². The van der Waals surface area contributed by atoms with Gasteiger partial charge in [0.1, 0.15) is 11.5 Å². The number of carboxylic acid groups (broad SMARTS) is 1. The van der Waals surface area contributed by atoms with Crippen molar-refractivity contribution < 1.29 is 14.7 Å². The van der Waals surface area contributed by atoms with Crippen molar-refractivity contribution in [2.24, 2.45) is 0 Å². The van der Waals surface area contributed by atoms with E-state index in [9.17, 15) is 4.79 Å². The number of carbonyl (C=O) groups excluding carboxylic acids is 1. The standard InChI is InChI=1S/C21H30N6O.CH2O2/c1-21(2,3)25-18(28)13-27(6)20-15-8-7-9-16(15)23-19(24-20)17-12-14(26(4)5)10-11-22-17;2-1-3/h10-12H,7-9,13H2,1-6H3,(H,25,28);1H,(H,2,3). The van der Waals surface area contributed by atoms with Crippen molar-refractivity contribution in [1.29, 1.82) is 0 Å². The van der Waals surface area contributed by atoms with E-state index in [1.165, 1.54) is 0 Å². The van der Waals surface area contributed by atoms with Crippen LogP contribution in [0.25, 0.3) is 11.5 Å². The summed E-state index contributed by atoms with van der Waals surface area (Å²) in [6, 6.07) is 3.95. The second kappa shape index (κ2) is 10.2. The lowest BCUT2D eigenvalue weighted by Crippen LogP contribution is -2.45. The zero-order valence-corrected chi connectivity index (χ0v) is 19.1. The maximum atomic E-state index is 12.4. The summed E-state index contributed by atoms with van der Waals surface area (Å²) in [6.45, 7) is 5.95. The first-order chi connectivity index (χ1) is 14.6. The van der Waals surface area contributed by atoms with Crippen LogP contribution in [0.4, 0.5) is 11.5 Å². The molecule has 0 radical (unpaired) electrons. The fraction of sp³-hybridized carbons (Fsp3) is 0.500. The molecule has 0 bridgehead atoms. The number of rotatable bonds is 5. The monoisotopic (exact) mass is 428 g/mol. The number of nitrogens with zero attached hydrogens (tertiary/aromatic N) is 5. The third-order valence-electron chi connectivity index (χ3n) is 4.66. The predicted molar refractivity (Wildman–Crippen MR) is 121 cm³/mol. The average Bonchev–Trinajstić information content (AvgIpc) is 3.15. The molecule has 168 valence electrons. The van der Waals surface area contributed by atoms with Crippen LogP contribution in [0, 0.1) is 0 Å². The lowest BCUT2D eigenvalue weighted by atomic mass is 10.1. The van der Waals surface area contributed by atoms with Crippen LogP contribution in [-0.2, 0) is 22.4 Å². The van der Waals surface area contributed by atoms with Crippen molar-refractivity contribution >= 4 is 23.9 Å². The molecule has 31 heavy (non-hydrogen) atoms. The third-order valence-corrected chi connectivity index (χ3v) is 4.66. The maximum absolute atomic E-state index is 12.4. The van der Waals surface area contributed by atoms with Gasteiger partial charge in [0.25, 0.3) is 6.47 Å². The highest BCUT2D eigenvalue weighted by atomic mass is 16.3. The Morgan fingerprint density at radius 3 is 2.52 bits per heavy atom. The van der Waals surface area contributed by atoms with Crippen LogP contribution in [0.3, 0.4) is 0 Å². The van der Waals surface area contributed by atoms with Crippen molar-refractivity contribution in [2.45, 2.75) is 45.6 Å². The van der Waals surface area contributed by atoms with Gasteiger partial charge in [0.2, 0.25) is 5.91 Å². The maximum Gasteiger partial charge on any atom is 0.290 e. The van der Waals surface area contributed by atoms with Gasteiger partial charge in [0, 0.05) is 49.8 Å². The number of fused-ring (bicyclic) bond motifs is 1. The minimum atomic E-state index is -0.257. The number of pyridine rings is 1. The number of nitrogens with one attached hydrogen (secondary N) is 1. The van der Waals surface area contributed by atoms with Crippen molar-refractivity contribution in [3.63, 3.8) is 0 Å². The first kappa shape index (κ1) is 24.0. The summed E-state index contributed by atoms with van der Waals surface area (Å²) in [5.74, 6) is 1.43. The Bertz CT molecular complexity index is 924. The van der Waals surface area contributed by atoms with E-state index >= 15 is 0 Å². The summed E-state index contributed by atoms with van der Waals surface area (Å²) in [5.41, 5.74) is 3.76. The number of aryl methyl sites for hydroxylation is 1. The number of amides is 1. The fourth-order valence-corrected chi connectivity index (χ4v) is 3.41. The molecule has 9 nitrogen and oxygen atoms in total. The molecule has 0 unspecified atom stereocenters. The van der Waals surface area contributed by atoms with Crippen LogP contribution < -0.4 is 15.1 Å². The van der Waals surface area contributed by atoms with Gasteiger partial charge in [0.15, 0.2) is 5.82 Å². The Morgan fingerprint density at radius 2 is 1.90 bits per heavy atom. The minimum Gasteiger partial charge on any atom is -0.483 e. The molecule has 1 aliphatic carbocycles. The summed E-state index contributed by atoms with van der Waals surface area (Å²) < 4.78 is 0. The van der Waals surface area contributed by atoms with E-state index in [2.05, 4.69) is 10.3 Å². The van der Waals surface area contributed by atoms with E-state index in [-0.39, 0.29) is 24.5 Å². The molecule has 1 amide bonds. The lowest BCUT2D eigenvalue weighted by Gasteiger charge is -2.25. The Kier molecular flexibility index (Phi) is 7.90. The Morgan fingerprint density at radius 1 is 1.23 bits per heavy atom. The first-order valence-corrected chi connectivity index (χ1v) is 10.2. The van der Waals surface area contributed by atoms with Crippen LogP contribution in [0.5, 0.6) is 0 Å². The molecule has 2 aromatic heterocycles. The molecule has 0 aliphatic heterocycles. The average molecular weight is 429 g/mol. The van der Waals surface area contributed by atoms with Crippen LogP contribution in [-0.4, -0.2) is 65.7 Å². The highest BCUT2D eigenvalue weighted by Crippen LogP contribution is 2.31. The number of anilines is 2. The quantitative estimate of drug-likeness (QED) is 0.697. The van der Waals surface area contributed by atoms with E-state index < -0.39 is 0 Å². The van der Waals surface area contributed by atoms with Gasteiger partial charge >= 0.3 is 0 Å². The highest BCUT2D eigenvalue weighted by Gasteiger charge is 2.24. The van der Waals surface area contributed by atoms with Gasteiger partial charge in [-0.1, -0.05) is 0 Å². The van der Waals surface area contributed by atoms with Gasteiger partial charge in [-0.05, 0) is 52.2 Å². The second-order valence-electron chi connectivity index (χ2n) is 8.70. The van der Waals surface area contributed by atoms with Crippen LogP contribution >= 0.6 is 0 Å². The Balaban J connectivity index is 0.00000107. The Labute approximate surface area is 183 Å². The van der Waals surface area contributed by atoms with Gasteiger partial charge in [-0.25, -0.2) is 9.97 Å². The number of likely N-dealkylation sites (N-methyl/N-ethyl adjacent to an activating group) is 1. The highest BCUT2D eigenvalue weighted by molar-refractivity contribution is 5.82. The fourth-order valence-electron chi connectivity index (χ4n) is 3.41. The largest absolute Gasteiger partial charge is 0.483 e. The van der Waals surface area contributed by atoms with Gasteiger partial charge < -0.3 is 20.2 Å². The second-order valence-corrected chi connectivity index (χ2v) is 8.70. The number of aromatic nitrogens is 3. The molecular weight excluding hydrogens is 396 g/mol. The first-order valence-electron chi connectivity index (χ1n) is 10.2. The number of hydrogen-bond acceptors (Lipinski definition) is 7. The summed E-state index contributed by atoms with van der Waals surface area (Å²) in [6.07, 6.45) is 4.73. The van der Waals surface area contributed by atoms with E-state index in [4.69, 9.17) is 19.9 Å². The molecule has 2 heterocycles. The smallest absolute Gasteiger partial charge is 0.290 e. The molecule has 0 spiro atoms. The van der Waals surface area contributed by atoms with E-state index in [0.717, 1.165) is 47.7 Å². The molecule has 0 saturated carbocycles.